The van der Waals surface area contributed by atoms with Gasteiger partial charge in [-0.2, -0.15) is 5.01 Å². The average Bonchev–Trinajstić information content (AvgIpc) is 3.18. The molecule has 0 radical (unpaired) electrons. The molecular weight excluding hydrogens is 272 g/mol. The van der Waals surface area contributed by atoms with Gasteiger partial charge in [-0.15, -0.1) is 0 Å². The summed E-state index contributed by atoms with van der Waals surface area (Å²) in [6.07, 6.45) is 2.91. The van der Waals surface area contributed by atoms with Gasteiger partial charge < -0.3 is 4.74 Å². The van der Waals surface area contributed by atoms with Crippen molar-refractivity contribution in [2.24, 2.45) is 11.8 Å². The SMILES string of the molecule is O=C(NN1C(=O)[C@@H]2[C@H](C1=O)[C@@H]1C=C[C@H]2O1)c1ccccc1. The van der Waals surface area contributed by atoms with Gasteiger partial charge in [0, 0.05) is 5.56 Å². The highest BCUT2D eigenvalue weighted by molar-refractivity contribution is 6.09. The first kappa shape index (κ1) is 12.3. The van der Waals surface area contributed by atoms with E-state index in [4.69, 9.17) is 4.74 Å². The number of amides is 3. The third-order valence-electron chi connectivity index (χ3n) is 4.16. The molecule has 3 amide bonds. The van der Waals surface area contributed by atoms with Gasteiger partial charge in [0.25, 0.3) is 17.7 Å². The zero-order chi connectivity index (χ0) is 14.6. The number of ether oxygens (including phenoxy) is 1. The first-order valence-corrected chi connectivity index (χ1v) is 6.74. The van der Waals surface area contributed by atoms with Crippen molar-refractivity contribution in [2.75, 3.05) is 0 Å². The van der Waals surface area contributed by atoms with Crippen molar-refractivity contribution in [1.29, 1.82) is 0 Å². The van der Waals surface area contributed by atoms with Gasteiger partial charge in [0.1, 0.15) is 0 Å². The van der Waals surface area contributed by atoms with Crippen LogP contribution in [0.1, 0.15) is 10.4 Å². The van der Waals surface area contributed by atoms with Crippen LogP contribution in [-0.4, -0.2) is 34.9 Å². The number of hydrazine groups is 1. The van der Waals surface area contributed by atoms with Gasteiger partial charge in [0.2, 0.25) is 0 Å². The van der Waals surface area contributed by atoms with E-state index >= 15 is 0 Å². The van der Waals surface area contributed by atoms with Crippen LogP contribution in [-0.2, 0) is 14.3 Å². The minimum atomic E-state index is -0.511. The van der Waals surface area contributed by atoms with Crippen LogP contribution >= 0.6 is 0 Å². The zero-order valence-electron chi connectivity index (χ0n) is 10.9. The van der Waals surface area contributed by atoms with Gasteiger partial charge in [-0.05, 0) is 12.1 Å². The lowest BCUT2D eigenvalue weighted by atomic mass is 9.85. The molecule has 0 spiro atoms. The van der Waals surface area contributed by atoms with E-state index in [0.29, 0.717) is 5.56 Å². The van der Waals surface area contributed by atoms with Crippen LogP contribution < -0.4 is 5.43 Å². The molecule has 3 aliphatic rings. The van der Waals surface area contributed by atoms with E-state index in [0.717, 1.165) is 5.01 Å². The zero-order valence-corrected chi connectivity index (χ0v) is 10.9. The largest absolute Gasteiger partial charge is 0.365 e. The summed E-state index contributed by atoms with van der Waals surface area (Å²) in [6, 6.07) is 8.46. The Hall–Kier alpha value is -2.47. The first-order chi connectivity index (χ1) is 10.2. The topological polar surface area (TPSA) is 75.7 Å². The second kappa shape index (κ2) is 4.26. The van der Waals surface area contributed by atoms with Crippen LogP contribution in [0.25, 0.3) is 0 Å². The summed E-state index contributed by atoms with van der Waals surface area (Å²) < 4.78 is 5.53. The number of rotatable bonds is 2. The molecule has 4 rings (SSSR count). The van der Waals surface area contributed by atoms with Crippen molar-refractivity contribution in [2.45, 2.75) is 12.2 Å². The summed E-state index contributed by atoms with van der Waals surface area (Å²) in [5.74, 6) is -2.29. The predicted molar refractivity (Wildman–Crippen MR) is 70.5 cm³/mol. The second-order valence-electron chi connectivity index (χ2n) is 5.32. The summed E-state index contributed by atoms with van der Waals surface area (Å²) in [5, 5.41) is 0.847. The Morgan fingerprint density at radius 1 is 1.00 bits per heavy atom. The molecule has 1 aromatic rings. The van der Waals surface area contributed by atoms with E-state index in [2.05, 4.69) is 5.43 Å². The molecule has 0 aliphatic carbocycles. The first-order valence-electron chi connectivity index (χ1n) is 6.74. The molecule has 0 saturated carbocycles. The Kier molecular flexibility index (Phi) is 2.49. The van der Waals surface area contributed by atoms with Crippen molar-refractivity contribution in [1.82, 2.24) is 10.4 Å². The van der Waals surface area contributed by atoms with Crippen molar-refractivity contribution in [3.8, 4) is 0 Å². The Balaban J connectivity index is 1.56. The van der Waals surface area contributed by atoms with Gasteiger partial charge >= 0.3 is 0 Å². The summed E-state index contributed by atoms with van der Waals surface area (Å²) >= 11 is 0. The van der Waals surface area contributed by atoms with Gasteiger partial charge in [0.15, 0.2) is 0 Å². The summed E-state index contributed by atoms with van der Waals surface area (Å²) in [4.78, 5) is 36.7. The van der Waals surface area contributed by atoms with Crippen LogP contribution in [0.4, 0.5) is 0 Å². The molecule has 0 aromatic heterocycles. The number of carbonyl (C=O) groups is 3. The highest BCUT2D eigenvalue weighted by atomic mass is 16.5. The number of hydrogen-bond acceptors (Lipinski definition) is 4. The molecule has 3 heterocycles. The molecule has 6 nitrogen and oxygen atoms in total. The third kappa shape index (κ3) is 1.66. The lowest BCUT2D eigenvalue weighted by Gasteiger charge is -2.18. The van der Waals surface area contributed by atoms with Crippen molar-refractivity contribution in [3.63, 3.8) is 0 Å². The second-order valence-corrected chi connectivity index (χ2v) is 5.32. The molecule has 2 fully saturated rings. The Morgan fingerprint density at radius 3 is 2.14 bits per heavy atom. The molecule has 106 valence electrons. The van der Waals surface area contributed by atoms with Crippen LogP contribution in [0.5, 0.6) is 0 Å². The molecule has 0 unspecified atom stereocenters. The standard InChI is InChI=1S/C15H12N2O4/c18-13(8-4-2-1-3-5-8)16-17-14(19)11-9-6-7-10(21-9)12(11)15(17)20/h1-7,9-12H,(H,16,18)/t9-,10+,11+,12-. The van der Waals surface area contributed by atoms with Crippen molar-refractivity contribution >= 4 is 17.7 Å². The summed E-state index contributed by atoms with van der Waals surface area (Å²) in [5.41, 5.74) is 2.80. The average molecular weight is 284 g/mol. The normalized spacial score (nSPS) is 32.7. The van der Waals surface area contributed by atoms with Crippen LogP contribution in [0.15, 0.2) is 42.5 Å². The van der Waals surface area contributed by atoms with Crippen LogP contribution in [0, 0.1) is 11.8 Å². The van der Waals surface area contributed by atoms with E-state index in [1.807, 2.05) is 0 Å². The minimum Gasteiger partial charge on any atom is -0.365 e. The fourth-order valence-corrected chi connectivity index (χ4v) is 3.17. The number of imide groups is 1. The number of fused-ring (bicyclic) bond motifs is 5. The Bertz CT molecular complexity index is 640. The monoisotopic (exact) mass is 284 g/mol. The third-order valence-corrected chi connectivity index (χ3v) is 4.16. The van der Waals surface area contributed by atoms with E-state index in [1.165, 1.54) is 0 Å². The molecule has 1 aromatic carbocycles. The Morgan fingerprint density at radius 2 is 1.57 bits per heavy atom. The van der Waals surface area contributed by atoms with E-state index < -0.39 is 29.6 Å². The highest BCUT2D eigenvalue weighted by Crippen LogP contribution is 2.44. The maximum atomic E-state index is 12.3. The van der Waals surface area contributed by atoms with Gasteiger partial charge in [0.05, 0.1) is 24.0 Å². The van der Waals surface area contributed by atoms with Crippen LogP contribution in [0.2, 0.25) is 0 Å². The summed E-state index contributed by atoms with van der Waals surface area (Å²) in [6.45, 7) is 0. The molecule has 3 aliphatic heterocycles. The number of benzene rings is 1. The minimum absolute atomic E-state index is 0.352. The highest BCUT2D eigenvalue weighted by Gasteiger charge is 2.61. The fraction of sp³-hybridized carbons (Fsp3) is 0.267. The fourth-order valence-electron chi connectivity index (χ4n) is 3.17. The van der Waals surface area contributed by atoms with E-state index in [1.54, 1.807) is 42.5 Å². The van der Waals surface area contributed by atoms with Gasteiger partial charge in [-0.1, -0.05) is 30.4 Å². The maximum absolute atomic E-state index is 12.3. The molecule has 2 bridgehead atoms. The quantitative estimate of drug-likeness (QED) is 0.625. The molecule has 21 heavy (non-hydrogen) atoms. The lowest BCUT2D eigenvalue weighted by Crippen LogP contribution is -2.47. The molecule has 4 atom stereocenters. The van der Waals surface area contributed by atoms with E-state index in [9.17, 15) is 14.4 Å². The molecular formula is C15H12N2O4. The molecule has 6 heteroatoms. The predicted octanol–water partition coefficient (Wildman–Crippen LogP) is 0.270. The number of nitrogens with one attached hydrogen (secondary N) is 1. The lowest BCUT2D eigenvalue weighted by molar-refractivity contribution is -0.145. The Labute approximate surface area is 120 Å². The van der Waals surface area contributed by atoms with Crippen LogP contribution in [0.3, 0.4) is 0 Å². The van der Waals surface area contributed by atoms with Gasteiger partial charge in [-0.3, -0.25) is 19.8 Å². The maximum Gasteiger partial charge on any atom is 0.270 e. The number of hydrogen-bond donors (Lipinski definition) is 1. The number of carbonyl (C=O) groups excluding carboxylic acids is 3. The van der Waals surface area contributed by atoms with Gasteiger partial charge in [-0.25, -0.2) is 0 Å². The van der Waals surface area contributed by atoms with Crippen molar-refractivity contribution in [3.05, 3.63) is 48.0 Å². The summed E-state index contributed by atoms with van der Waals surface area (Å²) in [7, 11) is 0. The molecule has 1 N–H and O–H groups in total. The van der Waals surface area contributed by atoms with E-state index in [-0.39, 0.29) is 12.2 Å². The smallest absolute Gasteiger partial charge is 0.270 e. The van der Waals surface area contributed by atoms with Crippen molar-refractivity contribution < 1.29 is 19.1 Å². The molecule has 2 saturated heterocycles. The number of nitrogens with zero attached hydrogens (tertiary/aromatic N) is 1.